The number of hydrogen-bond acceptors (Lipinski definition) is 4. The van der Waals surface area contributed by atoms with Crippen molar-refractivity contribution in [3.8, 4) is 0 Å². The monoisotopic (exact) mass is 321 g/mol. The Hall–Kier alpha value is -1.18. The molecule has 82 valence electrons. The van der Waals surface area contributed by atoms with E-state index in [1.165, 1.54) is 0 Å². The van der Waals surface area contributed by atoms with Crippen molar-refractivity contribution in [2.24, 2.45) is 5.73 Å². The Morgan fingerprint density at radius 3 is 2.87 bits per heavy atom. The van der Waals surface area contributed by atoms with E-state index in [1.54, 1.807) is 6.07 Å². The molecule has 0 fully saturated rings. The first kappa shape index (κ1) is 11.9. The normalized spacial score (nSPS) is 9.67. The van der Waals surface area contributed by atoms with Crippen molar-refractivity contribution in [1.82, 2.24) is 0 Å². The predicted molar refractivity (Wildman–Crippen MR) is 67.6 cm³/mol. The summed E-state index contributed by atoms with van der Waals surface area (Å²) in [4.78, 5) is 10.3. The molecule has 0 aliphatic carbocycles. The Labute approximate surface area is 101 Å². The minimum absolute atomic E-state index is 0.246. The number of nitrogens with two attached hydrogens (primary N) is 2. The topological polar surface area (TPSA) is 90.4 Å². The van der Waals surface area contributed by atoms with Gasteiger partial charge >= 0.3 is 6.09 Å². The van der Waals surface area contributed by atoms with Crippen molar-refractivity contribution in [3.63, 3.8) is 0 Å². The number of primary amides is 1. The van der Waals surface area contributed by atoms with E-state index < -0.39 is 6.09 Å². The molecule has 0 saturated carbocycles. The molecule has 15 heavy (non-hydrogen) atoms. The van der Waals surface area contributed by atoms with Crippen LogP contribution in [0.15, 0.2) is 18.2 Å². The number of anilines is 2. The van der Waals surface area contributed by atoms with Crippen molar-refractivity contribution in [2.75, 3.05) is 24.2 Å². The van der Waals surface area contributed by atoms with Crippen LogP contribution in [0.2, 0.25) is 0 Å². The standard InChI is InChI=1S/C9H12IN3O2/c10-7-5-6(11)1-2-8(7)13-3-4-15-9(12)14/h1-2,5,13H,3-4,11H2,(H2,12,14). The summed E-state index contributed by atoms with van der Waals surface area (Å²) >= 11 is 2.18. The SMILES string of the molecule is NC(=O)OCCNc1ccc(N)cc1I. The van der Waals surface area contributed by atoms with Gasteiger partial charge in [0.05, 0.1) is 0 Å². The van der Waals surface area contributed by atoms with Crippen molar-refractivity contribution >= 4 is 40.1 Å². The summed E-state index contributed by atoms with van der Waals surface area (Å²) in [6, 6.07) is 5.54. The fourth-order valence-electron chi connectivity index (χ4n) is 1.01. The highest BCUT2D eigenvalue weighted by Gasteiger charge is 1.99. The average molecular weight is 321 g/mol. The molecule has 0 aliphatic heterocycles. The van der Waals surface area contributed by atoms with Crippen LogP contribution >= 0.6 is 22.6 Å². The number of amides is 1. The first-order chi connectivity index (χ1) is 7.09. The molecular formula is C9H12IN3O2. The van der Waals surface area contributed by atoms with E-state index >= 15 is 0 Å². The molecule has 0 atom stereocenters. The summed E-state index contributed by atoms with van der Waals surface area (Å²) in [6.07, 6.45) is -0.760. The van der Waals surface area contributed by atoms with Gasteiger partial charge in [-0.25, -0.2) is 4.79 Å². The largest absolute Gasteiger partial charge is 0.448 e. The van der Waals surface area contributed by atoms with Crippen LogP contribution in [-0.2, 0) is 4.74 Å². The lowest BCUT2D eigenvalue weighted by Gasteiger charge is -2.08. The van der Waals surface area contributed by atoms with Gasteiger partial charge in [-0.15, -0.1) is 0 Å². The molecule has 0 spiro atoms. The molecule has 1 rings (SSSR count). The molecule has 0 aliphatic rings. The minimum Gasteiger partial charge on any atom is -0.448 e. The Morgan fingerprint density at radius 1 is 1.53 bits per heavy atom. The van der Waals surface area contributed by atoms with Gasteiger partial charge in [0.2, 0.25) is 0 Å². The molecule has 6 heteroatoms. The summed E-state index contributed by atoms with van der Waals surface area (Å²) in [6.45, 7) is 0.763. The summed E-state index contributed by atoms with van der Waals surface area (Å²) in [5, 5.41) is 3.10. The van der Waals surface area contributed by atoms with E-state index in [0.29, 0.717) is 6.54 Å². The smallest absolute Gasteiger partial charge is 0.404 e. The molecule has 0 bridgehead atoms. The van der Waals surface area contributed by atoms with Gasteiger partial charge in [0.1, 0.15) is 6.61 Å². The Kier molecular flexibility index (Phi) is 4.47. The number of nitrogen functional groups attached to an aromatic ring is 1. The molecule has 0 aromatic heterocycles. The van der Waals surface area contributed by atoms with Gasteiger partial charge in [-0.05, 0) is 40.8 Å². The molecule has 1 amide bonds. The highest BCUT2D eigenvalue weighted by Crippen LogP contribution is 2.20. The number of ether oxygens (including phenoxy) is 1. The van der Waals surface area contributed by atoms with Crippen LogP contribution in [0.5, 0.6) is 0 Å². The zero-order valence-electron chi connectivity index (χ0n) is 8.00. The molecule has 0 radical (unpaired) electrons. The van der Waals surface area contributed by atoms with Crippen molar-refractivity contribution in [3.05, 3.63) is 21.8 Å². The molecule has 1 aromatic carbocycles. The summed E-state index contributed by atoms with van der Waals surface area (Å²) in [7, 11) is 0. The maximum absolute atomic E-state index is 10.3. The van der Waals surface area contributed by atoms with Crippen LogP contribution in [0, 0.1) is 3.57 Å². The van der Waals surface area contributed by atoms with Gasteiger partial charge < -0.3 is 21.5 Å². The first-order valence-electron chi connectivity index (χ1n) is 4.30. The number of nitrogens with one attached hydrogen (secondary N) is 1. The third kappa shape index (κ3) is 4.24. The lowest BCUT2D eigenvalue weighted by Crippen LogP contribution is -2.18. The Morgan fingerprint density at radius 2 is 2.27 bits per heavy atom. The van der Waals surface area contributed by atoms with Crippen LogP contribution < -0.4 is 16.8 Å². The van der Waals surface area contributed by atoms with Crippen molar-refractivity contribution in [1.29, 1.82) is 0 Å². The van der Waals surface area contributed by atoms with E-state index in [9.17, 15) is 4.79 Å². The summed E-state index contributed by atoms with van der Waals surface area (Å²) in [5.41, 5.74) is 12.1. The first-order valence-corrected chi connectivity index (χ1v) is 5.38. The number of carbonyl (C=O) groups excluding carboxylic acids is 1. The molecule has 0 saturated heterocycles. The van der Waals surface area contributed by atoms with Crippen molar-refractivity contribution in [2.45, 2.75) is 0 Å². The van der Waals surface area contributed by atoms with E-state index in [1.807, 2.05) is 12.1 Å². The third-order valence-corrected chi connectivity index (χ3v) is 2.55. The maximum atomic E-state index is 10.3. The van der Waals surface area contributed by atoms with E-state index in [2.05, 4.69) is 32.6 Å². The predicted octanol–water partition coefficient (Wildman–Crippen LogP) is 1.38. The molecule has 5 N–H and O–H groups in total. The lowest BCUT2D eigenvalue weighted by atomic mass is 10.3. The second-order valence-electron chi connectivity index (χ2n) is 2.83. The highest BCUT2D eigenvalue weighted by atomic mass is 127. The zero-order valence-corrected chi connectivity index (χ0v) is 10.2. The number of rotatable bonds is 4. The Bertz CT molecular complexity index is 357. The summed E-state index contributed by atoms with van der Waals surface area (Å²) in [5.74, 6) is 0. The second-order valence-corrected chi connectivity index (χ2v) is 4.00. The van der Waals surface area contributed by atoms with Gasteiger partial charge in [-0.3, -0.25) is 0 Å². The zero-order chi connectivity index (χ0) is 11.3. The lowest BCUT2D eigenvalue weighted by molar-refractivity contribution is 0.161. The van der Waals surface area contributed by atoms with Gasteiger partial charge in [0, 0.05) is 21.5 Å². The fraction of sp³-hybridized carbons (Fsp3) is 0.222. The van der Waals surface area contributed by atoms with Crippen LogP contribution in [0.25, 0.3) is 0 Å². The molecule has 0 unspecified atom stereocenters. The molecule has 1 aromatic rings. The van der Waals surface area contributed by atoms with E-state index in [0.717, 1.165) is 14.9 Å². The number of hydrogen-bond donors (Lipinski definition) is 3. The van der Waals surface area contributed by atoms with Crippen LogP contribution in [-0.4, -0.2) is 19.2 Å². The van der Waals surface area contributed by atoms with Gasteiger partial charge in [-0.1, -0.05) is 0 Å². The average Bonchev–Trinajstić information content (AvgIpc) is 2.14. The summed E-state index contributed by atoms with van der Waals surface area (Å²) < 4.78 is 5.60. The molecule has 0 heterocycles. The van der Waals surface area contributed by atoms with E-state index in [4.69, 9.17) is 11.5 Å². The van der Waals surface area contributed by atoms with Crippen molar-refractivity contribution < 1.29 is 9.53 Å². The third-order valence-electron chi connectivity index (χ3n) is 1.65. The quantitative estimate of drug-likeness (QED) is 0.444. The highest BCUT2D eigenvalue weighted by molar-refractivity contribution is 14.1. The number of carbonyl (C=O) groups is 1. The van der Waals surface area contributed by atoms with Gasteiger partial charge in [0.25, 0.3) is 0 Å². The molecule has 5 nitrogen and oxygen atoms in total. The maximum Gasteiger partial charge on any atom is 0.404 e. The van der Waals surface area contributed by atoms with Crippen LogP contribution in [0.3, 0.4) is 0 Å². The Balaban J connectivity index is 2.40. The molecular weight excluding hydrogens is 309 g/mol. The minimum atomic E-state index is -0.760. The number of benzene rings is 1. The fourth-order valence-corrected chi connectivity index (χ4v) is 1.74. The van der Waals surface area contributed by atoms with Crippen LogP contribution in [0.1, 0.15) is 0 Å². The van der Waals surface area contributed by atoms with Gasteiger partial charge in [0.15, 0.2) is 0 Å². The second kappa shape index (κ2) is 5.64. The van der Waals surface area contributed by atoms with Gasteiger partial charge in [-0.2, -0.15) is 0 Å². The van der Waals surface area contributed by atoms with E-state index in [-0.39, 0.29) is 6.61 Å². The number of halogens is 1. The van der Waals surface area contributed by atoms with Crippen LogP contribution in [0.4, 0.5) is 16.2 Å².